The van der Waals surface area contributed by atoms with Crippen LogP contribution in [-0.2, 0) is 14.3 Å². The van der Waals surface area contributed by atoms with Gasteiger partial charge in [-0.2, -0.15) is 0 Å². The number of aromatic carboxylic acids is 1. The summed E-state index contributed by atoms with van der Waals surface area (Å²) in [5, 5.41) is 9.65. The minimum absolute atomic E-state index is 0.00876. The first-order valence-corrected chi connectivity index (χ1v) is 17.3. The number of carbonyl (C=O) groups excluding carboxylic acids is 2. The maximum atomic E-state index is 13.5. The first-order valence-electron chi connectivity index (χ1n) is 17.3. The number of benzene rings is 1. The van der Waals surface area contributed by atoms with Crippen molar-refractivity contribution in [2.45, 2.75) is 125 Å². The first kappa shape index (κ1) is 30.3. The van der Waals surface area contributed by atoms with Crippen molar-refractivity contribution in [3.8, 4) is 0 Å². The van der Waals surface area contributed by atoms with Crippen LogP contribution in [-0.4, -0.2) is 35.2 Å². The third kappa shape index (κ3) is 3.69. The normalized spacial score (nSPS) is 46.4. The van der Waals surface area contributed by atoms with Crippen LogP contribution in [0.15, 0.2) is 24.3 Å². The summed E-state index contributed by atoms with van der Waals surface area (Å²) in [7, 11) is 0. The monoisotopic (exact) mass is 604 g/mol. The molecule has 6 heteroatoms. The van der Waals surface area contributed by atoms with E-state index in [4.69, 9.17) is 9.47 Å². The Labute approximate surface area is 263 Å². The Bertz CT molecular complexity index is 1410. The van der Waals surface area contributed by atoms with Crippen molar-refractivity contribution >= 4 is 17.9 Å². The van der Waals surface area contributed by atoms with Gasteiger partial charge in [0.1, 0.15) is 12.2 Å². The molecule has 1 aliphatic heterocycles. The van der Waals surface area contributed by atoms with Crippen LogP contribution in [0, 0.1) is 56.2 Å². The highest BCUT2D eigenvalue weighted by atomic mass is 16.6. The van der Waals surface area contributed by atoms with Gasteiger partial charge in [-0.15, -0.1) is 0 Å². The molecule has 0 aromatic heterocycles. The molecule has 10 atom stereocenters. The van der Waals surface area contributed by atoms with E-state index in [0.29, 0.717) is 23.7 Å². The minimum Gasteiger partial charge on any atom is -0.478 e. The molecular formula is C38H52O6. The summed E-state index contributed by atoms with van der Waals surface area (Å²) < 4.78 is 12.5. The predicted molar refractivity (Wildman–Crippen MR) is 167 cm³/mol. The number of hydrogen-bond donors (Lipinski definition) is 1. The fraction of sp³-hybridized carbons (Fsp3) is 0.763. The Balaban J connectivity index is 1.17. The fourth-order valence-electron chi connectivity index (χ4n) is 13.1. The number of esters is 2. The summed E-state index contributed by atoms with van der Waals surface area (Å²) >= 11 is 0. The van der Waals surface area contributed by atoms with E-state index in [0.717, 1.165) is 51.4 Å². The van der Waals surface area contributed by atoms with Gasteiger partial charge < -0.3 is 14.6 Å². The van der Waals surface area contributed by atoms with Gasteiger partial charge in [0.25, 0.3) is 0 Å². The van der Waals surface area contributed by atoms with Gasteiger partial charge in [0, 0.05) is 16.7 Å². The van der Waals surface area contributed by atoms with Gasteiger partial charge in [-0.05, 0) is 110 Å². The van der Waals surface area contributed by atoms with E-state index in [1.807, 2.05) is 0 Å². The summed E-state index contributed by atoms with van der Waals surface area (Å²) in [6.07, 6.45) is 10.3. The Kier molecular flexibility index (Phi) is 6.43. The number of carboxylic acids is 1. The second-order valence-electron chi connectivity index (χ2n) is 17.8. The highest BCUT2D eigenvalue weighted by molar-refractivity contribution is 6.02. The lowest BCUT2D eigenvalue weighted by atomic mass is 9.31. The molecule has 5 aliphatic carbocycles. The molecule has 0 amide bonds. The van der Waals surface area contributed by atoms with E-state index in [9.17, 15) is 19.5 Å². The molecule has 1 aromatic rings. The molecule has 2 bridgehead atoms. The maximum Gasteiger partial charge on any atom is 0.339 e. The molecule has 5 saturated carbocycles. The second-order valence-corrected chi connectivity index (χ2v) is 17.8. The van der Waals surface area contributed by atoms with Crippen LogP contribution in [0.5, 0.6) is 0 Å². The van der Waals surface area contributed by atoms with E-state index in [1.54, 1.807) is 18.2 Å². The zero-order valence-corrected chi connectivity index (χ0v) is 27.8. The Morgan fingerprint density at radius 2 is 1.48 bits per heavy atom. The van der Waals surface area contributed by atoms with Crippen molar-refractivity contribution in [1.29, 1.82) is 0 Å². The molecule has 6 fully saturated rings. The average Bonchev–Trinajstić information content (AvgIpc) is 3.22. The van der Waals surface area contributed by atoms with Crippen molar-refractivity contribution < 1.29 is 29.0 Å². The van der Waals surface area contributed by atoms with Gasteiger partial charge in [-0.1, -0.05) is 60.6 Å². The van der Waals surface area contributed by atoms with Gasteiger partial charge in [0.05, 0.1) is 16.5 Å². The molecule has 1 saturated heterocycles. The molecule has 6 nitrogen and oxygen atoms in total. The van der Waals surface area contributed by atoms with E-state index in [2.05, 4.69) is 48.5 Å². The highest BCUT2D eigenvalue weighted by Crippen LogP contribution is 2.78. The van der Waals surface area contributed by atoms with Crippen LogP contribution in [0.3, 0.4) is 0 Å². The van der Waals surface area contributed by atoms with Crippen LogP contribution < -0.4 is 0 Å². The van der Waals surface area contributed by atoms with Crippen LogP contribution in [0.25, 0.3) is 0 Å². The summed E-state index contributed by atoms with van der Waals surface area (Å²) in [6, 6.07) is 6.36. The van der Waals surface area contributed by atoms with Crippen LogP contribution in [0.2, 0.25) is 0 Å². The molecule has 0 spiro atoms. The van der Waals surface area contributed by atoms with Crippen LogP contribution in [0.4, 0.5) is 0 Å². The third-order valence-electron chi connectivity index (χ3n) is 15.6. The predicted octanol–water partition coefficient (Wildman–Crippen LogP) is 8.33. The topological polar surface area (TPSA) is 89.9 Å². The molecule has 240 valence electrons. The van der Waals surface area contributed by atoms with E-state index >= 15 is 0 Å². The summed E-state index contributed by atoms with van der Waals surface area (Å²) in [4.78, 5) is 38.7. The zero-order chi connectivity index (χ0) is 31.7. The molecule has 0 radical (unpaired) electrons. The van der Waals surface area contributed by atoms with Crippen molar-refractivity contribution in [3.63, 3.8) is 0 Å². The lowest BCUT2D eigenvalue weighted by Crippen LogP contribution is -2.68. The van der Waals surface area contributed by atoms with Crippen LogP contribution >= 0.6 is 0 Å². The Morgan fingerprint density at radius 1 is 0.795 bits per heavy atom. The van der Waals surface area contributed by atoms with E-state index < -0.39 is 11.9 Å². The van der Waals surface area contributed by atoms with Gasteiger partial charge >= 0.3 is 17.9 Å². The van der Waals surface area contributed by atoms with Crippen LogP contribution in [0.1, 0.15) is 133 Å². The number of fused-ring (bicyclic) bond motifs is 5. The van der Waals surface area contributed by atoms with Crippen molar-refractivity contribution in [3.05, 3.63) is 35.4 Å². The average molecular weight is 605 g/mol. The largest absolute Gasteiger partial charge is 0.478 e. The molecule has 1 N–H and O–H groups in total. The quantitative estimate of drug-likeness (QED) is 0.349. The number of rotatable bonds is 3. The van der Waals surface area contributed by atoms with Crippen molar-refractivity contribution in [1.82, 2.24) is 0 Å². The molecule has 44 heavy (non-hydrogen) atoms. The molecule has 1 heterocycles. The zero-order valence-electron chi connectivity index (χ0n) is 27.8. The van der Waals surface area contributed by atoms with Gasteiger partial charge in [0.15, 0.2) is 0 Å². The van der Waals surface area contributed by atoms with E-state index in [1.165, 1.54) is 18.9 Å². The Hall–Kier alpha value is -2.37. The molecular weight excluding hydrogens is 552 g/mol. The minimum atomic E-state index is -1.11. The number of carbonyl (C=O) groups is 3. The lowest BCUT2D eigenvalue weighted by molar-refractivity contribution is -0.252. The maximum absolute atomic E-state index is 13.5. The molecule has 7 rings (SSSR count). The third-order valence-corrected chi connectivity index (χ3v) is 15.6. The van der Waals surface area contributed by atoms with Crippen molar-refractivity contribution in [2.24, 2.45) is 56.2 Å². The van der Waals surface area contributed by atoms with E-state index in [-0.39, 0.29) is 61.8 Å². The standard InChI is InChI=1S/C38H52O6/c1-33(2)18-20-38-21-19-36(6)24(28(38)29(33)44-32(38)42)12-13-26-35(5)16-15-27(34(3,4)25(35)14-17-37(26,36)7)43-31(41)23-11-9-8-10-22(23)30(39)40/h8-11,24-29H,12-21H2,1-7H3,(H,39,40)/t24-,25+,26-,27+,28-,29-,35+,36-,37-,38-/m1/s1. The number of carboxylic acid groups (broad SMARTS) is 1. The van der Waals surface area contributed by atoms with Gasteiger partial charge in [0.2, 0.25) is 0 Å². The fourth-order valence-corrected chi connectivity index (χ4v) is 13.1. The summed E-state index contributed by atoms with van der Waals surface area (Å²) in [5.41, 5.74) is 0.109. The smallest absolute Gasteiger partial charge is 0.339 e. The van der Waals surface area contributed by atoms with Gasteiger partial charge in [-0.25, -0.2) is 9.59 Å². The Morgan fingerprint density at radius 3 is 2.18 bits per heavy atom. The number of ether oxygens (including phenoxy) is 2. The molecule has 1 aromatic carbocycles. The SMILES string of the molecule is CC1(C)CC[C@@]23CC[C@]4(C)[C@H](CC[C@@H]5[C@@]6(C)CC[C@H](OC(=O)c7ccccc7C(=O)O)C(C)(C)[C@@H]6CC[C@]54C)[C@@H]2[C@H]1OC3=O. The molecule has 0 unspecified atom stereocenters. The molecule has 6 aliphatic rings. The van der Waals surface area contributed by atoms with Crippen molar-refractivity contribution in [2.75, 3.05) is 0 Å². The lowest BCUT2D eigenvalue weighted by Gasteiger charge is -2.73. The highest BCUT2D eigenvalue weighted by Gasteiger charge is 2.75. The van der Waals surface area contributed by atoms with Gasteiger partial charge in [-0.3, -0.25) is 4.79 Å². The summed E-state index contributed by atoms with van der Waals surface area (Å²) in [6.45, 7) is 16.9. The summed E-state index contributed by atoms with van der Waals surface area (Å²) in [5.74, 6) is 0.269. The number of hydrogen-bond acceptors (Lipinski definition) is 5. The second kappa shape index (κ2) is 9.35. The first-order chi connectivity index (χ1) is 20.5.